The number of epoxide rings is 1. The van der Waals surface area contributed by atoms with Gasteiger partial charge in [-0.1, -0.05) is 18.1 Å². The summed E-state index contributed by atoms with van der Waals surface area (Å²) in [6, 6.07) is 0. The molecule has 1 saturated carbocycles. The van der Waals surface area contributed by atoms with Gasteiger partial charge in [-0.2, -0.15) is 0 Å². The lowest BCUT2D eigenvalue weighted by atomic mass is 9.79. The van der Waals surface area contributed by atoms with Crippen molar-refractivity contribution in [2.45, 2.75) is 57.8 Å². The van der Waals surface area contributed by atoms with Gasteiger partial charge in [0.25, 0.3) is 0 Å². The Morgan fingerprint density at radius 2 is 2.17 bits per heavy atom. The highest BCUT2D eigenvalue weighted by molar-refractivity contribution is 5.75. The first-order valence-electron chi connectivity index (χ1n) is 7.09. The lowest BCUT2D eigenvalue weighted by Gasteiger charge is -2.28. The number of allylic oxidation sites excluding steroid dienone is 1. The number of carbonyl (C=O) groups excluding carboxylic acids is 1. The van der Waals surface area contributed by atoms with Gasteiger partial charge in [-0.25, -0.2) is 0 Å². The van der Waals surface area contributed by atoms with Crippen LogP contribution in [-0.2, 0) is 14.3 Å². The smallest absolute Gasteiger partial charge is 0.309 e. The fourth-order valence-electron chi connectivity index (χ4n) is 4.49. The standard InChI is InChI=1S/C15H20O3/c1-7-4-5-9-8(2)14(16)17-13(9)12-10(7)6-11-15(12,3)18-11/h8-9,11-13H,4-6H2,1-3H3/t8-,9-,11-,12-,13-,15-/m0/s1. The van der Waals surface area contributed by atoms with Gasteiger partial charge < -0.3 is 9.47 Å². The monoisotopic (exact) mass is 248 g/mol. The molecule has 0 amide bonds. The van der Waals surface area contributed by atoms with Crippen molar-refractivity contribution in [3.63, 3.8) is 0 Å². The van der Waals surface area contributed by atoms with E-state index < -0.39 is 0 Å². The molecule has 6 atom stereocenters. The minimum Gasteiger partial charge on any atom is -0.461 e. The Balaban J connectivity index is 1.79. The van der Waals surface area contributed by atoms with Crippen LogP contribution in [0.25, 0.3) is 0 Å². The average molecular weight is 248 g/mol. The Morgan fingerprint density at radius 3 is 2.94 bits per heavy atom. The Labute approximate surface area is 108 Å². The third kappa shape index (κ3) is 1.16. The van der Waals surface area contributed by atoms with Gasteiger partial charge in [0.1, 0.15) is 11.7 Å². The molecule has 0 aromatic rings. The Bertz CT molecular complexity index is 466. The molecule has 0 unspecified atom stereocenters. The molecule has 0 radical (unpaired) electrons. The van der Waals surface area contributed by atoms with Gasteiger partial charge in [0, 0.05) is 11.8 Å². The highest BCUT2D eigenvalue weighted by Crippen LogP contribution is 2.62. The van der Waals surface area contributed by atoms with Gasteiger partial charge in [-0.05, 0) is 33.1 Å². The first-order valence-corrected chi connectivity index (χ1v) is 7.09. The summed E-state index contributed by atoms with van der Waals surface area (Å²) >= 11 is 0. The normalized spacial score (nSPS) is 53.5. The third-order valence-corrected chi connectivity index (χ3v) is 5.79. The van der Waals surface area contributed by atoms with E-state index in [0.717, 1.165) is 19.3 Å². The second-order valence-corrected chi connectivity index (χ2v) is 6.67. The largest absolute Gasteiger partial charge is 0.461 e. The Hall–Kier alpha value is -0.830. The molecular formula is C15H20O3. The first kappa shape index (κ1) is 11.0. The van der Waals surface area contributed by atoms with Crippen LogP contribution in [0.5, 0.6) is 0 Å². The summed E-state index contributed by atoms with van der Waals surface area (Å²) in [6.45, 7) is 6.47. The molecule has 3 nitrogen and oxygen atoms in total. The lowest BCUT2D eigenvalue weighted by molar-refractivity contribution is -0.145. The summed E-state index contributed by atoms with van der Waals surface area (Å²) in [7, 11) is 0. The van der Waals surface area contributed by atoms with E-state index in [9.17, 15) is 4.79 Å². The van der Waals surface area contributed by atoms with Gasteiger partial charge in [-0.15, -0.1) is 0 Å². The van der Waals surface area contributed by atoms with E-state index in [1.54, 1.807) is 0 Å². The topological polar surface area (TPSA) is 38.8 Å². The summed E-state index contributed by atoms with van der Waals surface area (Å²) in [4.78, 5) is 11.9. The molecule has 0 spiro atoms. The van der Waals surface area contributed by atoms with Gasteiger partial charge in [0.15, 0.2) is 0 Å². The van der Waals surface area contributed by atoms with Gasteiger partial charge in [0.2, 0.25) is 0 Å². The number of fused-ring (bicyclic) bond motifs is 5. The zero-order chi connectivity index (χ0) is 12.7. The number of carbonyl (C=O) groups is 1. The second kappa shape index (κ2) is 3.19. The van der Waals surface area contributed by atoms with Crippen LogP contribution in [0.2, 0.25) is 0 Å². The molecule has 0 N–H and O–H groups in total. The van der Waals surface area contributed by atoms with Crippen molar-refractivity contribution in [2.75, 3.05) is 0 Å². The van der Waals surface area contributed by atoms with Crippen molar-refractivity contribution in [3.8, 4) is 0 Å². The molecule has 18 heavy (non-hydrogen) atoms. The van der Waals surface area contributed by atoms with Crippen molar-refractivity contribution in [3.05, 3.63) is 11.1 Å². The summed E-state index contributed by atoms with van der Waals surface area (Å²) in [5.41, 5.74) is 3.01. The van der Waals surface area contributed by atoms with Gasteiger partial charge >= 0.3 is 5.97 Å². The maximum absolute atomic E-state index is 11.9. The molecule has 2 heterocycles. The minimum absolute atomic E-state index is 0.00315. The number of rotatable bonds is 0. The third-order valence-electron chi connectivity index (χ3n) is 5.79. The first-order chi connectivity index (χ1) is 8.52. The quantitative estimate of drug-likeness (QED) is 0.375. The summed E-state index contributed by atoms with van der Waals surface area (Å²) in [6.07, 6.45) is 3.71. The van der Waals surface area contributed by atoms with E-state index in [1.807, 2.05) is 6.92 Å². The molecule has 3 heteroatoms. The molecule has 0 aromatic heterocycles. The Morgan fingerprint density at radius 1 is 1.39 bits per heavy atom. The molecular weight excluding hydrogens is 228 g/mol. The van der Waals surface area contributed by atoms with E-state index in [0.29, 0.717) is 17.9 Å². The second-order valence-electron chi connectivity index (χ2n) is 6.67. The number of ether oxygens (including phenoxy) is 2. The van der Waals surface area contributed by atoms with Crippen molar-refractivity contribution >= 4 is 5.97 Å². The number of hydrogen-bond donors (Lipinski definition) is 0. The van der Waals surface area contributed by atoms with E-state index >= 15 is 0 Å². The van der Waals surface area contributed by atoms with Gasteiger partial charge in [0.05, 0.1) is 12.0 Å². The maximum Gasteiger partial charge on any atom is 0.309 e. The molecule has 2 saturated heterocycles. The number of esters is 1. The van der Waals surface area contributed by atoms with Crippen LogP contribution >= 0.6 is 0 Å². The SMILES string of the molecule is CC1=C2C[C@@H]3O[C@]3(C)[C@@H]2[C@H]2OC(=O)[C@@H](C)[C@@H]2CC1. The van der Waals surface area contributed by atoms with Crippen molar-refractivity contribution in [2.24, 2.45) is 17.8 Å². The maximum atomic E-state index is 11.9. The highest BCUT2D eigenvalue weighted by Gasteiger charge is 2.69. The molecule has 4 rings (SSSR count). The van der Waals surface area contributed by atoms with Crippen LogP contribution in [0, 0.1) is 17.8 Å². The van der Waals surface area contributed by atoms with Crippen molar-refractivity contribution < 1.29 is 14.3 Å². The number of hydrogen-bond acceptors (Lipinski definition) is 3. The minimum atomic E-state index is -0.0474. The van der Waals surface area contributed by atoms with Crippen LogP contribution < -0.4 is 0 Å². The van der Waals surface area contributed by atoms with Crippen LogP contribution in [0.3, 0.4) is 0 Å². The zero-order valence-electron chi connectivity index (χ0n) is 11.2. The summed E-state index contributed by atoms with van der Waals surface area (Å²) < 4.78 is 11.6. The average Bonchev–Trinajstić information content (AvgIpc) is 2.82. The van der Waals surface area contributed by atoms with E-state index in [-0.39, 0.29) is 23.6 Å². The van der Waals surface area contributed by atoms with Crippen LogP contribution in [0.4, 0.5) is 0 Å². The molecule has 2 aliphatic carbocycles. The molecule has 3 fully saturated rings. The molecule has 0 aromatic carbocycles. The highest BCUT2D eigenvalue weighted by atomic mass is 16.6. The molecule has 2 aliphatic heterocycles. The van der Waals surface area contributed by atoms with Gasteiger partial charge in [-0.3, -0.25) is 4.79 Å². The lowest BCUT2D eigenvalue weighted by Crippen LogP contribution is -2.35. The van der Waals surface area contributed by atoms with Crippen molar-refractivity contribution in [1.82, 2.24) is 0 Å². The summed E-state index contributed by atoms with van der Waals surface area (Å²) in [5, 5.41) is 0. The van der Waals surface area contributed by atoms with Crippen LogP contribution in [-0.4, -0.2) is 23.8 Å². The van der Waals surface area contributed by atoms with E-state index in [4.69, 9.17) is 9.47 Å². The zero-order valence-corrected chi connectivity index (χ0v) is 11.2. The molecule has 0 bridgehead atoms. The van der Waals surface area contributed by atoms with Crippen molar-refractivity contribution in [1.29, 1.82) is 0 Å². The van der Waals surface area contributed by atoms with Crippen LogP contribution in [0.15, 0.2) is 11.1 Å². The predicted molar refractivity (Wildman–Crippen MR) is 65.9 cm³/mol. The molecule has 98 valence electrons. The fourth-order valence-corrected chi connectivity index (χ4v) is 4.49. The fraction of sp³-hybridized carbons (Fsp3) is 0.800. The predicted octanol–water partition coefficient (Wildman–Crippen LogP) is 2.45. The molecule has 4 aliphatic rings. The Kier molecular flexibility index (Phi) is 1.95. The van der Waals surface area contributed by atoms with E-state index in [2.05, 4.69) is 13.8 Å². The van der Waals surface area contributed by atoms with E-state index in [1.165, 1.54) is 11.1 Å². The summed E-state index contributed by atoms with van der Waals surface area (Å²) in [5.74, 6) is 0.763. The van der Waals surface area contributed by atoms with Crippen LogP contribution in [0.1, 0.15) is 40.0 Å².